The van der Waals surface area contributed by atoms with Gasteiger partial charge in [-0.05, 0) is 49.9 Å². The molecule has 1 aromatic carbocycles. The Bertz CT molecular complexity index is 459. The van der Waals surface area contributed by atoms with Crippen molar-refractivity contribution < 1.29 is 0 Å². The van der Waals surface area contributed by atoms with Crippen molar-refractivity contribution in [2.24, 2.45) is 11.7 Å². The van der Waals surface area contributed by atoms with Gasteiger partial charge in [-0.2, -0.15) is 0 Å². The van der Waals surface area contributed by atoms with Crippen LogP contribution in [0.1, 0.15) is 18.4 Å². The van der Waals surface area contributed by atoms with Crippen molar-refractivity contribution in [3.63, 3.8) is 0 Å². The second kappa shape index (κ2) is 4.80. The molecule has 0 aliphatic carbocycles. The van der Waals surface area contributed by atoms with E-state index in [9.17, 15) is 0 Å². The summed E-state index contributed by atoms with van der Waals surface area (Å²) >= 11 is 0. The average molecular weight is 259 g/mol. The molecule has 0 radical (unpaired) electrons. The van der Waals surface area contributed by atoms with Gasteiger partial charge in [-0.15, -0.1) is 0 Å². The van der Waals surface area contributed by atoms with Gasteiger partial charge in [0.1, 0.15) is 0 Å². The average Bonchev–Trinajstić information content (AvgIpc) is 2.83. The fourth-order valence-corrected chi connectivity index (χ4v) is 3.97. The van der Waals surface area contributed by atoms with Crippen LogP contribution in [0.3, 0.4) is 0 Å². The van der Waals surface area contributed by atoms with E-state index in [2.05, 4.69) is 48.0 Å². The molecule has 2 aliphatic heterocycles. The molecule has 0 spiro atoms. The molecule has 3 rings (SSSR count). The van der Waals surface area contributed by atoms with Crippen molar-refractivity contribution in [1.82, 2.24) is 4.90 Å². The smallest absolute Gasteiger partial charge is 0.0573 e. The van der Waals surface area contributed by atoms with Crippen LogP contribution in [-0.2, 0) is 0 Å². The molecule has 2 bridgehead atoms. The first-order valence-corrected chi connectivity index (χ1v) is 7.39. The van der Waals surface area contributed by atoms with Crippen LogP contribution in [0.4, 0.5) is 5.69 Å². The summed E-state index contributed by atoms with van der Waals surface area (Å²) in [5.41, 5.74) is 9.02. The summed E-state index contributed by atoms with van der Waals surface area (Å²) < 4.78 is 0. The van der Waals surface area contributed by atoms with Crippen molar-refractivity contribution in [3.05, 3.63) is 29.8 Å². The van der Waals surface area contributed by atoms with E-state index in [0.717, 1.165) is 12.5 Å². The molecule has 0 aromatic heterocycles. The molecule has 3 nitrogen and oxygen atoms in total. The predicted octanol–water partition coefficient (Wildman–Crippen LogP) is 1.85. The molecular weight excluding hydrogens is 234 g/mol. The Morgan fingerprint density at radius 3 is 3.00 bits per heavy atom. The van der Waals surface area contributed by atoms with Crippen molar-refractivity contribution >= 4 is 5.69 Å². The van der Waals surface area contributed by atoms with Crippen molar-refractivity contribution in [2.75, 3.05) is 38.1 Å². The molecule has 2 heterocycles. The van der Waals surface area contributed by atoms with Gasteiger partial charge in [-0.25, -0.2) is 0 Å². The first-order valence-electron chi connectivity index (χ1n) is 7.39. The fraction of sp³-hybridized carbons (Fsp3) is 0.625. The summed E-state index contributed by atoms with van der Waals surface area (Å²) in [6, 6.07) is 8.80. The lowest BCUT2D eigenvalue weighted by atomic mass is 9.77. The maximum absolute atomic E-state index is 6.24. The SMILES string of the molecule is Cc1cccc(N(C)C2(CN)CCN3CCC2C3)c1. The Morgan fingerprint density at radius 2 is 2.26 bits per heavy atom. The minimum absolute atomic E-state index is 0.154. The third-order valence-corrected chi connectivity index (χ3v) is 5.30. The number of rotatable bonds is 3. The molecule has 2 aliphatic rings. The van der Waals surface area contributed by atoms with E-state index >= 15 is 0 Å². The van der Waals surface area contributed by atoms with E-state index in [-0.39, 0.29) is 5.54 Å². The zero-order chi connectivity index (χ0) is 13.5. The van der Waals surface area contributed by atoms with Gasteiger partial charge in [0.05, 0.1) is 5.54 Å². The number of likely N-dealkylation sites (N-methyl/N-ethyl adjacent to an activating group) is 1. The zero-order valence-electron chi connectivity index (χ0n) is 12.1. The topological polar surface area (TPSA) is 32.5 Å². The lowest BCUT2D eigenvalue weighted by Gasteiger charge is -2.49. The highest BCUT2D eigenvalue weighted by atomic mass is 15.3. The van der Waals surface area contributed by atoms with E-state index < -0.39 is 0 Å². The zero-order valence-corrected chi connectivity index (χ0v) is 12.1. The molecule has 1 aromatic rings. The lowest BCUT2D eigenvalue weighted by Crippen LogP contribution is -2.61. The molecule has 104 valence electrons. The van der Waals surface area contributed by atoms with Crippen LogP contribution in [0.25, 0.3) is 0 Å². The third-order valence-electron chi connectivity index (χ3n) is 5.30. The highest BCUT2D eigenvalue weighted by Crippen LogP contribution is 2.40. The van der Waals surface area contributed by atoms with Gasteiger partial charge in [0.2, 0.25) is 0 Å². The van der Waals surface area contributed by atoms with E-state index in [0.29, 0.717) is 0 Å². The molecule has 3 unspecified atom stereocenters. The number of anilines is 1. The van der Waals surface area contributed by atoms with Crippen LogP contribution in [-0.4, -0.2) is 43.7 Å². The Hall–Kier alpha value is -1.06. The van der Waals surface area contributed by atoms with Gasteiger partial charge >= 0.3 is 0 Å². The van der Waals surface area contributed by atoms with Gasteiger partial charge in [-0.1, -0.05) is 12.1 Å². The Morgan fingerprint density at radius 1 is 1.42 bits per heavy atom. The second-order valence-electron chi connectivity index (χ2n) is 6.24. The Labute approximate surface area is 116 Å². The standard InChI is InChI=1S/C16H25N3/c1-13-4-3-5-15(10-13)18(2)16(12-17)7-9-19-8-6-14(16)11-19/h3-5,10,14H,6-9,11-12,17H2,1-2H3. The number of benzene rings is 1. The summed E-state index contributed by atoms with van der Waals surface area (Å²) in [4.78, 5) is 5.05. The van der Waals surface area contributed by atoms with Crippen LogP contribution in [0, 0.1) is 12.8 Å². The molecule has 2 saturated heterocycles. The van der Waals surface area contributed by atoms with Gasteiger partial charge in [0.15, 0.2) is 0 Å². The minimum Gasteiger partial charge on any atom is -0.367 e. The first kappa shape index (κ1) is 12.9. The molecule has 3 atom stereocenters. The van der Waals surface area contributed by atoms with Crippen LogP contribution in [0.2, 0.25) is 0 Å². The summed E-state index contributed by atoms with van der Waals surface area (Å²) in [6.07, 6.45) is 2.49. The van der Waals surface area contributed by atoms with E-state index in [1.807, 2.05) is 0 Å². The predicted molar refractivity (Wildman–Crippen MR) is 80.5 cm³/mol. The summed E-state index contributed by atoms with van der Waals surface area (Å²) in [5, 5.41) is 0. The monoisotopic (exact) mass is 259 g/mol. The highest BCUT2D eigenvalue weighted by Gasteiger charge is 2.47. The van der Waals surface area contributed by atoms with Crippen molar-refractivity contribution in [2.45, 2.75) is 25.3 Å². The maximum atomic E-state index is 6.24. The van der Waals surface area contributed by atoms with Crippen molar-refractivity contribution in [3.8, 4) is 0 Å². The number of fused-ring (bicyclic) bond motifs is 2. The van der Waals surface area contributed by atoms with Crippen LogP contribution in [0.15, 0.2) is 24.3 Å². The molecule has 19 heavy (non-hydrogen) atoms. The largest absolute Gasteiger partial charge is 0.367 e. The summed E-state index contributed by atoms with van der Waals surface area (Å²) in [7, 11) is 2.23. The van der Waals surface area contributed by atoms with E-state index in [1.54, 1.807) is 0 Å². The fourth-order valence-electron chi connectivity index (χ4n) is 3.97. The molecule has 2 N–H and O–H groups in total. The number of nitrogens with two attached hydrogens (primary N) is 1. The number of nitrogens with zero attached hydrogens (tertiary/aromatic N) is 2. The van der Waals surface area contributed by atoms with Crippen LogP contribution >= 0.6 is 0 Å². The Kier molecular flexibility index (Phi) is 3.27. The normalized spacial score (nSPS) is 33.4. The molecule has 0 amide bonds. The summed E-state index contributed by atoms with van der Waals surface area (Å²) in [5.74, 6) is 0.719. The summed E-state index contributed by atoms with van der Waals surface area (Å²) in [6.45, 7) is 6.60. The lowest BCUT2D eigenvalue weighted by molar-refractivity contribution is 0.168. The van der Waals surface area contributed by atoms with E-state index in [1.165, 1.54) is 43.7 Å². The number of piperidine rings is 1. The maximum Gasteiger partial charge on any atom is 0.0573 e. The molecule has 0 saturated carbocycles. The second-order valence-corrected chi connectivity index (χ2v) is 6.24. The molecule has 2 fully saturated rings. The molecule has 3 heteroatoms. The molecular formula is C16H25N3. The Balaban J connectivity index is 1.93. The van der Waals surface area contributed by atoms with Gasteiger partial charge < -0.3 is 15.5 Å². The minimum atomic E-state index is 0.154. The van der Waals surface area contributed by atoms with E-state index in [4.69, 9.17) is 5.73 Å². The number of aryl methyl sites for hydroxylation is 1. The van der Waals surface area contributed by atoms with Crippen LogP contribution in [0.5, 0.6) is 0 Å². The van der Waals surface area contributed by atoms with Crippen LogP contribution < -0.4 is 10.6 Å². The van der Waals surface area contributed by atoms with Gasteiger partial charge in [0.25, 0.3) is 0 Å². The quantitative estimate of drug-likeness (QED) is 0.899. The highest BCUT2D eigenvalue weighted by molar-refractivity contribution is 5.51. The van der Waals surface area contributed by atoms with Gasteiger partial charge in [-0.3, -0.25) is 0 Å². The van der Waals surface area contributed by atoms with Gasteiger partial charge in [0, 0.05) is 32.4 Å². The first-order chi connectivity index (χ1) is 9.15. The number of hydrogen-bond acceptors (Lipinski definition) is 3. The third kappa shape index (κ3) is 2.05. The van der Waals surface area contributed by atoms with Crippen molar-refractivity contribution in [1.29, 1.82) is 0 Å². The number of hydrogen-bond donors (Lipinski definition) is 1.